The molecule has 0 aliphatic rings. The number of rotatable bonds is 6. The second kappa shape index (κ2) is 10.2. The van der Waals surface area contributed by atoms with Crippen LogP contribution in [0.2, 0.25) is 0 Å². The van der Waals surface area contributed by atoms with Gasteiger partial charge in [-0.1, -0.05) is 36.8 Å². The van der Waals surface area contributed by atoms with Crippen LogP contribution in [0.4, 0.5) is 9.18 Å². The molecule has 1 unspecified atom stereocenters. The van der Waals surface area contributed by atoms with E-state index in [0.29, 0.717) is 13.0 Å². The number of alkyl carbamates (subject to hydrolysis) is 1. The lowest BCUT2D eigenvalue weighted by molar-refractivity contribution is 0.0826. The molecule has 1 aromatic carbocycles. The SMILES string of the molecule is CCCOC(=O)N/C(N)=C(\F)C#[N+]C(C)OCc1ccc(C)cc1. The minimum Gasteiger partial charge on any atom is -0.449 e. The Morgan fingerprint density at radius 3 is 2.71 bits per heavy atom. The van der Waals surface area contributed by atoms with E-state index in [-0.39, 0.29) is 6.61 Å². The minimum atomic E-state index is -0.991. The van der Waals surface area contributed by atoms with Gasteiger partial charge in [0.15, 0.2) is 5.82 Å². The molecule has 3 N–H and O–H groups in total. The number of aryl methyl sites for hydroxylation is 1. The van der Waals surface area contributed by atoms with Crippen molar-refractivity contribution in [2.45, 2.75) is 40.0 Å². The van der Waals surface area contributed by atoms with Crippen LogP contribution in [0.3, 0.4) is 0 Å². The van der Waals surface area contributed by atoms with Gasteiger partial charge >= 0.3 is 18.4 Å². The Hall–Kier alpha value is -2.59. The molecule has 1 atom stereocenters. The first-order valence-electron chi connectivity index (χ1n) is 7.64. The standard InChI is InChI=1S/C17H22FN3O3/c1-4-9-23-17(22)21-16(19)15(18)10-20-13(3)24-11-14-7-5-12(2)6-8-14/h5-8,13H,4,9,11H2,1-3H3,(H2,19,21,22)/p+1. The number of amides is 1. The van der Waals surface area contributed by atoms with Crippen LogP contribution in [0.25, 0.3) is 4.85 Å². The summed E-state index contributed by atoms with van der Waals surface area (Å²) in [7, 11) is 0. The summed E-state index contributed by atoms with van der Waals surface area (Å²) >= 11 is 0. The van der Waals surface area contributed by atoms with E-state index in [4.69, 9.17) is 15.2 Å². The zero-order valence-corrected chi connectivity index (χ0v) is 14.1. The smallest absolute Gasteiger partial charge is 0.412 e. The van der Waals surface area contributed by atoms with Crippen molar-refractivity contribution >= 4 is 6.09 Å². The molecule has 1 aromatic rings. The molecule has 130 valence electrons. The van der Waals surface area contributed by atoms with Crippen LogP contribution in [0, 0.1) is 13.0 Å². The summed E-state index contributed by atoms with van der Waals surface area (Å²) in [6.07, 6.45) is -0.782. The molecule has 0 saturated carbocycles. The zero-order valence-electron chi connectivity index (χ0n) is 14.1. The van der Waals surface area contributed by atoms with E-state index >= 15 is 0 Å². The van der Waals surface area contributed by atoms with Crippen LogP contribution < -0.4 is 11.1 Å². The lowest BCUT2D eigenvalue weighted by Gasteiger charge is -2.04. The van der Waals surface area contributed by atoms with Gasteiger partial charge in [0.1, 0.15) is 0 Å². The van der Waals surface area contributed by atoms with Crippen LogP contribution in [0.5, 0.6) is 0 Å². The number of ether oxygens (including phenoxy) is 2. The lowest BCUT2D eigenvalue weighted by atomic mass is 10.2. The number of carbonyl (C=O) groups is 1. The number of carbonyl (C=O) groups excluding carboxylic acids is 1. The summed E-state index contributed by atoms with van der Waals surface area (Å²) in [5.41, 5.74) is 7.53. The highest BCUT2D eigenvalue weighted by molar-refractivity contribution is 5.69. The van der Waals surface area contributed by atoms with E-state index < -0.39 is 24.0 Å². The monoisotopic (exact) mass is 336 g/mol. The Balaban J connectivity index is 2.50. The van der Waals surface area contributed by atoms with Gasteiger partial charge in [-0.3, -0.25) is 5.32 Å². The highest BCUT2D eigenvalue weighted by Gasteiger charge is 2.13. The second-order valence-electron chi connectivity index (χ2n) is 5.13. The van der Waals surface area contributed by atoms with E-state index in [1.807, 2.05) is 38.1 Å². The van der Waals surface area contributed by atoms with E-state index in [9.17, 15) is 9.18 Å². The zero-order chi connectivity index (χ0) is 17.9. The first-order chi connectivity index (χ1) is 11.4. The molecule has 0 radical (unpaired) electrons. The molecule has 1 rings (SSSR count). The van der Waals surface area contributed by atoms with Gasteiger partial charge in [0.25, 0.3) is 5.83 Å². The van der Waals surface area contributed by atoms with Gasteiger partial charge in [-0.15, -0.1) is 0 Å². The summed E-state index contributed by atoms with van der Waals surface area (Å²) < 4.78 is 23.9. The third-order valence-electron chi connectivity index (χ3n) is 2.87. The van der Waals surface area contributed by atoms with Gasteiger partial charge in [0, 0.05) is 6.92 Å². The van der Waals surface area contributed by atoms with Crippen LogP contribution in [0.1, 0.15) is 31.4 Å². The highest BCUT2D eigenvalue weighted by atomic mass is 19.1. The number of allylic oxidation sites excluding steroid dienone is 1. The highest BCUT2D eigenvalue weighted by Crippen LogP contribution is 2.07. The third-order valence-corrected chi connectivity index (χ3v) is 2.87. The third kappa shape index (κ3) is 7.61. The number of hydrogen-bond acceptors (Lipinski definition) is 4. The summed E-state index contributed by atoms with van der Waals surface area (Å²) in [5.74, 6) is -1.50. The molecular weight excluding hydrogens is 313 g/mol. The molecule has 0 saturated heterocycles. The molecule has 6 nitrogen and oxygen atoms in total. The summed E-state index contributed by atoms with van der Waals surface area (Å²) in [6, 6.07) is 9.95. The average molecular weight is 336 g/mol. The maximum absolute atomic E-state index is 13.7. The van der Waals surface area contributed by atoms with Crippen molar-refractivity contribution in [3.05, 3.63) is 51.9 Å². The van der Waals surface area contributed by atoms with Gasteiger partial charge < -0.3 is 15.2 Å². The molecule has 7 heteroatoms. The second-order valence-corrected chi connectivity index (χ2v) is 5.13. The maximum Gasteiger partial charge on any atom is 0.412 e. The van der Waals surface area contributed by atoms with E-state index in [1.165, 1.54) is 0 Å². The van der Waals surface area contributed by atoms with Gasteiger partial charge in [-0.25, -0.2) is 4.79 Å². The van der Waals surface area contributed by atoms with Crippen molar-refractivity contribution in [3.63, 3.8) is 0 Å². The maximum atomic E-state index is 13.7. The largest absolute Gasteiger partial charge is 0.449 e. The predicted octanol–water partition coefficient (Wildman–Crippen LogP) is 3.42. The fourth-order valence-electron chi connectivity index (χ4n) is 1.54. The van der Waals surface area contributed by atoms with Crippen molar-refractivity contribution in [1.82, 2.24) is 5.32 Å². The first-order valence-corrected chi connectivity index (χ1v) is 7.64. The molecule has 0 aliphatic heterocycles. The van der Waals surface area contributed by atoms with Gasteiger partial charge in [-0.2, -0.15) is 4.39 Å². The van der Waals surface area contributed by atoms with Gasteiger partial charge in [-0.05, 0) is 23.8 Å². The van der Waals surface area contributed by atoms with Crippen LogP contribution in [0.15, 0.2) is 35.9 Å². The fourth-order valence-corrected chi connectivity index (χ4v) is 1.54. The Morgan fingerprint density at radius 2 is 2.08 bits per heavy atom. The molecule has 24 heavy (non-hydrogen) atoms. The minimum absolute atomic E-state index is 0.225. The molecule has 0 spiro atoms. The van der Waals surface area contributed by atoms with Crippen molar-refractivity contribution in [3.8, 4) is 6.07 Å². The van der Waals surface area contributed by atoms with Gasteiger partial charge in [0.05, 0.1) is 13.2 Å². The normalized spacial score (nSPS) is 12.5. The molecule has 0 heterocycles. The van der Waals surface area contributed by atoms with Crippen molar-refractivity contribution in [2.75, 3.05) is 6.61 Å². The molecule has 0 aromatic heterocycles. The van der Waals surface area contributed by atoms with E-state index in [1.54, 1.807) is 6.92 Å². The van der Waals surface area contributed by atoms with E-state index in [0.717, 1.165) is 11.1 Å². The quantitative estimate of drug-likeness (QED) is 0.780. The Kier molecular flexibility index (Phi) is 8.30. The number of benzene rings is 1. The molecule has 0 bridgehead atoms. The van der Waals surface area contributed by atoms with Crippen molar-refractivity contribution in [2.24, 2.45) is 5.73 Å². The summed E-state index contributed by atoms with van der Waals surface area (Å²) in [5, 5.41) is 2.06. The number of halogens is 1. The average Bonchev–Trinajstić information content (AvgIpc) is 2.57. The summed E-state index contributed by atoms with van der Waals surface area (Å²) in [6.45, 7) is 6.05. The van der Waals surface area contributed by atoms with Gasteiger partial charge in [0.2, 0.25) is 0 Å². The van der Waals surface area contributed by atoms with Crippen LogP contribution in [-0.4, -0.2) is 18.9 Å². The Labute approximate surface area is 141 Å². The summed E-state index contributed by atoms with van der Waals surface area (Å²) in [4.78, 5) is 15.0. The fraction of sp³-hybridized carbons (Fsp3) is 0.412. The first kappa shape index (κ1) is 19.5. The predicted molar refractivity (Wildman–Crippen MR) is 89.8 cm³/mol. The molecular formula is C17H23FN3O3+. The van der Waals surface area contributed by atoms with Crippen molar-refractivity contribution in [1.29, 1.82) is 0 Å². The molecule has 0 aliphatic carbocycles. The topological polar surface area (TPSA) is 77.9 Å². The number of nitrogens with one attached hydrogen (secondary N) is 1. The number of nitrogens with zero attached hydrogens (tertiary/aromatic N) is 1. The van der Waals surface area contributed by atoms with Crippen LogP contribution in [-0.2, 0) is 16.1 Å². The Morgan fingerprint density at radius 1 is 1.42 bits per heavy atom. The number of hydrogen-bond donors (Lipinski definition) is 2. The lowest BCUT2D eigenvalue weighted by Crippen LogP contribution is -2.29. The molecule has 0 fully saturated rings. The molecule has 1 amide bonds. The van der Waals surface area contributed by atoms with Crippen molar-refractivity contribution < 1.29 is 18.7 Å². The van der Waals surface area contributed by atoms with E-state index in [2.05, 4.69) is 16.2 Å². The van der Waals surface area contributed by atoms with Crippen LogP contribution >= 0.6 is 0 Å². The Bertz CT molecular complexity index is 633. The number of nitrogens with two attached hydrogens (primary N) is 1.